The van der Waals surface area contributed by atoms with Gasteiger partial charge in [0, 0.05) is 11.8 Å². The number of fused-ring (bicyclic) bond motifs is 1. The second kappa shape index (κ2) is 7.86. The van der Waals surface area contributed by atoms with E-state index in [1.54, 1.807) is 25.3 Å². The summed E-state index contributed by atoms with van der Waals surface area (Å²) in [6.07, 6.45) is 1.86. The molecule has 3 aromatic rings. The van der Waals surface area contributed by atoms with Crippen LogP contribution in [0.5, 0.6) is 11.5 Å². The average Bonchev–Trinajstić information content (AvgIpc) is 3.07. The average molecular weight is 354 g/mol. The van der Waals surface area contributed by atoms with E-state index in [1.165, 1.54) is 0 Å². The van der Waals surface area contributed by atoms with Crippen molar-refractivity contribution >= 4 is 11.6 Å². The molecule has 1 aromatic carbocycles. The van der Waals surface area contributed by atoms with Gasteiger partial charge in [0.2, 0.25) is 0 Å². The molecule has 136 valence electrons. The fraction of sp³-hybridized carbons (Fsp3) is 0.316. The molecule has 1 amide bonds. The Hall–Kier alpha value is -3.09. The molecule has 0 atom stereocenters. The Morgan fingerprint density at radius 2 is 2.04 bits per heavy atom. The maximum atomic E-state index is 12.5. The van der Waals surface area contributed by atoms with Crippen LogP contribution >= 0.6 is 0 Å². The number of nitrogens with zero attached hydrogens (tertiary/aromatic N) is 3. The topological polar surface area (TPSA) is 77.8 Å². The van der Waals surface area contributed by atoms with Crippen molar-refractivity contribution in [1.29, 1.82) is 0 Å². The van der Waals surface area contributed by atoms with Crippen LogP contribution in [0.3, 0.4) is 0 Å². The number of amides is 1. The number of benzene rings is 1. The van der Waals surface area contributed by atoms with Gasteiger partial charge in [-0.05, 0) is 36.2 Å². The molecule has 0 saturated heterocycles. The zero-order valence-electron chi connectivity index (χ0n) is 15.1. The minimum atomic E-state index is -0.216. The van der Waals surface area contributed by atoms with Crippen LogP contribution in [0.4, 0.5) is 0 Å². The second-order valence-electron chi connectivity index (χ2n) is 6.30. The molecule has 26 heavy (non-hydrogen) atoms. The first-order valence-corrected chi connectivity index (χ1v) is 8.46. The lowest BCUT2D eigenvalue weighted by Gasteiger charge is -2.13. The summed E-state index contributed by atoms with van der Waals surface area (Å²) in [6.45, 7) is 5.00. The minimum absolute atomic E-state index is 0.216. The lowest BCUT2D eigenvalue weighted by Crippen LogP contribution is -2.24. The molecule has 0 aliphatic carbocycles. The molecule has 0 unspecified atom stereocenters. The van der Waals surface area contributed by atoms with Crippen LogP contribution in [0.2, 0.25) is 0 Å². The SMILES string of the molecule is COc1cc(C(=O)NCc2nnc3ccccn23)ccc1OCC(C)C. The molecular weight excluding hydrogens is 332 g/mol. The van der Waals surface area contributed by atoms with Gasteiger partial charge in [0.1, 0.15) is 0 Å². The van der Waals surface area contributed by atoms with Crippen LogP contribution < -0.4 is 14.8 Å². The van der Waals surface area contributed by atoms with Crippen LogP contribution in [0, 0.1) is 5.92 Å². The standard InChI is InChI=1S/C19H22N4O3/c1-13(2)12-26-15-8-7-14(10-16(15)25-3)19(24)20-11-18-22-21-17-6-4-5-9-23(17)18/h4-10,13H,11-12H2,1-3H3,(H,20,24). The molecule has 3 rings (SSSR count). The smallest absolute Gasteiger partial charge is 0.251 e. The van der Waals surface area contributed by atoms with E-state index in [2.05, 4.69) is 29.4 Å². The van der Waals surface area contributed by atoms with E-state index < -0.39 is 0 Å². The molecule has 7 heteroatoms. The first-order valence-electron chi connectivity index (χ1n) is 8.46. The predicted molar refractivity (Wildman–Crippen MR) is 97.5 cm³/mol. The quantitative estimate of drug-likeness (QED) is 0.706. The summed E-state index contributed by atoms with van der Waals surface area (Å²) < 4.78 is 12.9. The van der Waals surface area contributed by atoms with Gasteiger partial charge in [-0.25, -0.2) is 0 Å². The summed E-state index contributed by atoms with van der Waals surface area (Å²) in [5.41, 5.74) is 1.23. The Kier molecular flexibility index (Phi) is 5.36. The third-order valence-corrected chi connectivity index (χ3v) is 3.79. The van der Waals surface area contributed by atoms with Gasteiger partial charge >= 0.3 is 0 Å². The van der Waals surface area contributed by atoms with Crippen LogP contribution in [0.15, 0.2) is 42.6 Å². The van der Waals surface area contributed by atoms with Gasteiger partial charge in [0.25, 0.3) is 5.91 Å². The molecule has 0 fully saturated rings. The number of ether oxygens (including phenoxy) is 2. The number of carbonyl (C=O) groups excluding carboxylic acids is 1. The Bertz CT molecular complexity index is 905. The molecule has 7 nitrogen and oxygen atoms in total. The summed E-state index contributed by atoms with van der Waals surface area (Å²) in [7, 11) is 1.56. The van der Waals surface area contributed by atoms with E-state index in [4.69, 9.17) is 9.47 Å². The summed E-state index contributed by atoms with van der Waals surface area (Å²) >= 11 is 0. The van der Waals surface area contributed by atoms with Crippen molar-refractivity contribution in [3.05, 3.63) is 54.0 Å². The van der Waals surface area contributed by atoms with Gasteiger partial charge in [0.15, 0.2) is 23.0 Å². The van der Waals surface area contributed by atoms with Crippen LogP contribution in [0.25, 0.3) is 5.65 Å². The summed E-state index contributed by atoms with van der Waals surface area (Å²) in [4.78, 5) is 12.5. The van der Waals surface area contributed by atoms with E-state index in [9.17, 15) is 4.79 Å². The Morgan fingerprint density at radius 1 is 1.19 bits per heavy atom. The van der Waals surface area contributed by atoms with Crippen LogP contribution in [-0.2, 0) is 6.54 Å². The van der Waals surface area contributed by atoms with E-state index >= 15 is 0 Å². The van der Waals surface area contributed by atoms with Crippen molar-refractivity contribution < 1.29 is 14.3 Å². The maximum Gasteiger partial charge on any atom is 0.251 e. The Labute approximate surface area is 152 Å². The molecular formula is C19H22N4O3. The molecule has 0 aliphatic heterocycles. The second-order valence-corrected chi connectivity index (χ2v) is 6.30. The first-order chi connectivity index (χ1) is 12.6. The van der Waals surface area contributed by atoms with Crippen molar-refractivity contribution in [3.8, 4) is 11.5 Å². The number of hydrogen-bond donors (Lipinski definition) is 1. The van der Waals surface area contributed by atoms with Gasteiger partial charge in [-0.15, -0.1) is 10.2 Å². The molecule has 0 saturated carbocycles. The van der Waals surface area contributed by atoms with Crippen LogP contribution in [-0.4, -0.2) is 34.2 Å². The van der Waals surface area contributed by atoms with Gasteiger partial charge in [-0.1, -0.05) is 19.9 Å². The van der Waals surface area contributed by atoms with Crippen molar-refractivity contribution in [1.82, 2.24) is 19.9 Å². The predicted octanol–water partition coefficient (Wildman–Crippen LogP) is 2.70. The highest BCUT2D eigenvalue weighted by Gasteiger charge is 2.13. The molecule has 2 aromatic heterocycles. The Balaban J connectivity index is 1.69. The lowest BCUT2D eigenvalue weighted by atomic mass is 10.2. The molecule has 0 radical (unpaired) electrons. The van der Waals surface area contributed by atoms with E-state index in [-0.39, 0.29) is 12.5 Å². The summed E-state index contributed by atoms with van der Waals surface area (Å²) in [5, 5.41) is 11.0. The number of methoxy groups -OCH3 is 1. The van der Waals surface area contributed by atoms with Gasteiger partial charge in [0.05, 0.1) is 20.3 Å². The molecule has 1 N–H and O–H groups in total. The largest absolute Gasteiger partial charge is 0.493 e. The van der Waals surface area contributed by atoms with Crippen molar-refractivity contribution in [2.24, 2.45) is 5.92 Å². The van der Waals surface area contributed by atoms with E-state index in [0.29, 0.717) is 35.4 Å². The third kappa shape index (κ3) is 3.93. The van der Waals surface area contributed by atoms with Crippen molar-refractivity contribution in [3.63, 3.8) is 0 Å². The third-order valence-electron chi connectivity index (χ3n) is 3.79. The van der Waals surface area contributed by atoms with Gasteiger partial charge in [-0.3, -0.25) is 9.20 Å². The fourth-order valence-corrected chi connectivity index (χ4v) is 2.46. The number of nitrogens with one attached hydrogen (secondary N) is 1. The molecule has 0 bridgehead atoms. The minimum Gasteiger partial charge on any atom is -0.493 e. The van der Waals surface area contributed by atoms with Crippen molar-refractivity contribution in [2.45, 2.75) is 20.4 Å². The molecule has 2 heterocycles. The van der Waals surface area contributed by atoms with Crippen LogP contribution in [0.1, 0.15) is 30.0 Å². The first kappa shape index (κ1) is 17.7. The zero-order valence-corrected chi connectivity index (χ0v) is 15.1. The zero-order chi connectivity index (χ0) is 18.5. The highest BCUT2D eigenvalue weighted by molar-refractivity contribution is 5.94. The maximum absolute atomic E-state index is 12.5. The fourth-order valence-electron chi connectivity index (χ4n) is 2.46. The number of carbonyl (C=O) groups is 1. The Morgan fingerprint density at radius 3 is 2.81 bits per heavy atom. The number of rotatable bonds is 7. The number of pyridine rings is 1. The number of hydrogen-bond acceptors (Lipinski definition) is 5. The van der Waals surface area contributed by atoms with Gasteiger partial charge < -0.3 is 14.8 Å². The lowest BCUT2D eigenvalue weighted by molar-refractivity contribution is 0.0949. The normalized spacial score (nSPS) is 10.9. The summed E-state index contributed by atoms with van der Waals surface area (Å²) in [6, 6.07) is 10.8. The highest BCUT2D eigenvalue weighted by Crippen LogP contribution is 2.28. The van der Waals surface area contributed by atoms with Crippen molar-refractivity contribution in [2.75, 3.05) is 13.7 Å². The monoisotopic (exact) mass is 354 g/mol. The van der Waals surface area contributed by atoms with Gasteiger partial charge in [-0.2, -0.15) is 0 Å². The summed E-state index contributed by atoms with van der Waals surface area (Å²) in [5.74, 6) is 2.01. The van der Waals surface area contributed by atoms with E-state index in [1.807, 2.05) is 28.8 Å². The number of aromatic nitrogens is 3. The molecule has 0 spiro atoms. The highest BCUT2D eigenvalue weighted by atomic mass is 16.5. The molecule has 0 aliphatic rings. The van der Waals surface area contributed by atoms with E-state index in [0.717, 1.165) is 5.65 Å².